The lowest BCUT2D eigenvalue weighted by molar-refractivity contribution is -0.121. The van der Waals surface area contributed by atoms with Crippen LogP contribution in [0.2, 0.25) is 0 Å². The van der Waals surface area contributed by atoms with E-state index in [4.69, 9.17) is 4.74 Å². The summed E-state index contributed by atoms with van der Waals surface area (Å²) in [5.74, 6) is 2.25. The van der Waals surface area contributed by atoms with Crippen molar-refractivity contribution in [3.05, 3.63) is 35.4 Å². The van der Waals surface area contributed by atoms with Gasteiger partial charge in [0.1, 0.15) is 11.6 Å². The van der Waals surface area contributed by atoms with Crippen LogP contribution in [-0.2, 0) is 29.0 Å². The SMILES string of the molecule is CC(C)C(NC(=O)Cc1ccc2c(c1)NC(=O)CO2)c1nnc2n1CCNCC2. The summed E-state index contributed by atoms with van der Waals surface area (Å²) in [4.78, 5) is 24.3. The molecule has 4 rings (SSSR count). The summed E-state index contributed by atoms with van der Waals surface area (Å²) in [5.41, 5.74) is 1.40. The number of nitrogens with one attached hydrogen (secondary N) is 3. The average molecular weight is 398 g/mol. The zero-order valence-corrected chi connectivity index (χ0v) is 16.7. The van der Waals surface area contributed by atoms with Crippen LogP contribution in [0.25, 0.3) is 0 Å². The number of benzene rings is 1. The molecule has 0 bridgehead atoms. The predicted molar refractivity (Wildman–Crippen MR) is 107 cm³/mol. The first-order valence-corrected chi connectivity index (χ1v) is 9.99. The number of rotatable bonds is 5. The summed E-state index contributed by atoms with van der Waals surface area (Å²) >= 11 is 0. The van der Waals surface area contributed by atoms with Gasteiger partial charge in [0.05, 0.1) is 18.2 Å². The third-order valence-corrected chi connectivity index (χ3v) is 5.20. The van der Waals surface area contributed by atoms with E-state index in [0.717, 1.165) is 43.3 Å². The molecule has 154 valence electrons. The van der Waals surface area contributed by atoms with Gasteiger partial charge in [-0.3, -0.25) is 9.59 Å². The largest absolute Gasteiger partial charge is 0.482 e. The van der Waals surface area contributed by atoms with E-state index in [9.17, 15) is 9.59 Å². The number of anilines is 1. The van der Waals surface area contributed by atoms with Crippen molar-refractivity contribution in [1.82, 2.24) is 25.4 Å². The van der Waals surface area contributed by atoms with Crippen molar-refractivity contribution in [2.24, 2.45) is 5.92 Å². The molecule has 0 spiro atoms. The molecule has 3 heterocycles. The van der Waals surface area contributed by atoms with Gasteiger partial charge in [0, 0.05) is 26.1 Å². The smallest absolute Gasteiger partial charge is 0.262 e. The monoisotopic (exact) mass is 398 g/mol. The van der Waals surface area contributed by atoms with E-state index in [1.54, 1.807) is 12.1 Å². The molecule has 2 aliphatic rings. The molecule has 9 heteroatoms. The van der Waals surface area contributed by atoms with Gasteiger partial charge in [-0.25, -0.2) is 0 Å². The predicted octanol–water partition coefficient (Wildman–Crippen LogP) is 0.811. The van der Waals surface area contributed by atoms with Crippen molar-refractivity contribution in [2.75, 3.05) is 25.0 Å². The minimum atomic E-state index is -0.220. The van der Waals surface area contributed by atoms with Crippen molar-refractivity contribution in [1.29, 1.82) is 0 Å². The number of hydrogen-bond acceptors (Lipinski definition) is 6. The standard InChI is InChI=1S/C20H26N6O3/c1-12(2)19(20-25-24-16-5-6-21-7-8-26(16)20)23-17(27)10-13-3-4-15-14(9-13)22-18(28)11-29-15/h3-4,9,12,19,21H,5-8,10-11H2,1-2H3,(H,22,28)(H,23,27). The van der Waals surface area contributed by atoms with Crippen LogP contribution in [0.15, 0.2) is 18.2 Å². The molecule has 0 aliphatic carbocycles. The lowest BCUT2D eigenvalue weighted by Gasteiger charge is -2.23. The van der Waals surface area contributed by atoms with E-state index in [2.05, 4.69) is 44.6 Å². The molecule has 1 aromatic heterocycles. The molecule has 2 amide bonds. The maximum absolute atomic E-state index is 12.8. The molecule has 9 nitrogen and oxygen atoms in total. The summed E-state index contributed by atoms with van der Waals surface area (Å²) in [7, 11) is 0. The number of aromatic nitrogens is 3. The van der Waals surface area contributed by atoms with Crippen LogP contribution in [0.4, 0.5) is 5.69 Å². The van der Waals surface area contributed by atoms with Crippen LogP contribution in [0.1, 0.15) is 37.1 Å². The van der Waals surface area contributed by atoms with Crippen LogP contribution < -0.4 is 20.7 Å². The number of ether oxygens (including phenoxy) is 1. The van der Waals surface area contributed by atoms with Gasteiger partial charge in [0.2, 0.25) is 5.91 Å². The van der Waals surface area contributed by atoms with Gasteiger partial charge < -0.3 is 25.3 Å². The highest BCUT2D eigenvalue weighted by Crippen LogP contribution is 2.29. The molecule has 0 fully saturated rings. The van der Waals surface area contributed by atoms with E-state index in [0.29, 0.717) is 11.4 Å². The Morgan fingerprint density at radius 1 is 1.31 bits per heavy atom. The fourth-order valence-corrected chi connectivity index (χ4v) is 3.70. The van der Waals surface area contributed by atoms with Crippen LogP contribution >= 0.6 is 0 Å². The summed E-state index contributed by atoms with van der Waals surface area (Å²) in [6, 6.07) is 5.19. The lowest BCUT2D eigenvalue weighted by atomic mass is 10.0. The minimum absolute atomic E-state index is 0.0150. The van der Waals surface area contributed by atoms with Crippen molar-refractivity contribution in [2.45, 2.75) is 39.3 Å². The topological polar surface area (TPSA) is 110 Å². The van der Waals surface area contributed by atoms with E-state index in [-0.39, 0.29) is 36.8 Å². The molecule has 0 saturated heterocycles. The molecule has 29 heavy (non-hydrogen) atoms. The first-order chi connectivity index (χ1) is 14.0. The molecule has 1 aromatic carbocycles. The highest BCUT2D eigenvalue weighted by molar-refractivity contribution is 5.95. The fraction of sp³-hybridized carbons (Fsp3) is 0.500. The Hall–Kier alpha value is -2.94. The maximum Gasteiger partial charge on any atom is 0.262 e. The number of carbonyl (C=O) groups excluding carboxylic acids is 2. The highest BCUT2D eigenvalue weighted by atomic mass is 16.5. The Kier molecular flexibility index (Phi) is 5.48. The molecule has 0 radical (unpaired) electrons. The Labute approximate surface area is 169 Å². The number of carbonyl (C=O) groups is 2. The summed E-state index contributed by atoms with van der Waals surface area (Å²) in [6.45, 7) is 6.68. The summed E-state index contributed by atoms with van der Waals surface area (Å²) in [5, 5.41) is 18.0. The number of nitrogens with zero attached hydrogens (tertiary/aromatic N) is 3. The zero-order valence-electron chi connectivity index (χ0n) is 16.7. The second-order valence-corrected chi connectivity index (χ2v) is 7.76. The van der Waals surface area contributed by atoms with E-state index >= 15 is 0 Å². The van der Waals surface area contributed by atoms with Crippen molar-refractivity contribution < 1.29 is 14.3 Å². The molecule has 2 aromatic rings. The molecular weight excluding hydrogens is 372 g/mol. The molecule has 0 saturated carbocycles. The second kappa shape index (κ2) is 8.20. The van der Waals surface area contributed by atoms with Crippen LogP contribution in [0, 0.1) is 5.92 Å². The second-order valence-electron chi connectivity index (χ2n) is 7.76. The molecule has 2 aliphatic heterocycles. The van der Waals surface area contributed by atoms with Crippen LogP contribution in [-0.4, -0.2) is 46.3 Å². The first-order valence-electron chi connectivity index (χ1n) is 9.99. The Balaban J connectivity index is 1.48. The Morgan fingerprint density at radius 3 is 3.00 bits per heavy atom. The van der Waals surface area contributed by atoms with Crippen molar-refractivity contribution in [3.8, 4) is 5.75 Å². The molecular formula is C20H26N6O3. The van der Waals surface area contributed by atoms with Gasteiger partial charge >= 0.3 is 0 Å². The van der Waals surface area contributed by atoms with Crippen LogP contribution in [0.5, 0.6) is 5.75 Å². The quantitative estimate of drug-likeness (QED) is 0.688. The van der Waals surface area contributed by atoms with Crippen LogP contribution in [0.3, 0.4) is 0 Å². The fourth-order valence-electron chi connectivity index (χ4n) is 3.70. The van der Waals surface area contributed by atoms with Gasteiger partial charge in [-0.2, -0.15) is 0 Å². The van der Waals surface area contributed by atoms with Crippen molar-refractivity contribution >= 4 is 17.5 Å². The number of fused-ring (bicyclic) bond motifs is 2. The zero-order chi connectivity index (χ0) is 20.4. The Bertz CT molecular complexity index is 923. The minimum Gasteiger partial charge on any atom is -0.482 e. The molecule has 3 N–H and O–H groups in total. The van der Waals surface area contributed by atoms with Crippen molar-refractivity contribution in [3.63, 3.8) is 0 Å². The normalized spacial score (nSPS) is 16.9. The van der Waals surface area contributed by atoms with Gasteiger partial charge in [-0.15, -0.1) is 10.2 Å². The highest BCUT2D eigenvalue weighted by Gasteiger charge is 2.26. The maximum atomic E-state index is 12.8. The van der Waals surface area contributed by atoms with E-state index < -0.39 is 0 Å². The molecule has 1 atom stereocenters. The van der Waals surface area contributed by atoms with E-state index in [1.165, 1.54) is 0 Å². The first kappa shape index (κ1) is 19.4. The van der Waals surface area contributed by atoms with Gasteiger partial charge in [0.15, 0.2) is 12.4 Å². The van der Waals surface area contributed by atoms with E-state index in [1.807, 2.05) is 6.07 Å². The third-order valence-electron chi connectivity index (χ3n) is 5.20. The summed E-state index contributed by atoms with van der Waals surface area (Å²) < 4.78 is 7.49. The van der Waals surface area contributed by atoms with Gasteiger partial charge in [0.25, 0.3) is 5.91 Å². The summed E-state index contributed by atoms with van der Waals surface area (Å²) in [6.07, 6.45) is 1.03. The lowest BCUT2D eigenvalue weighted by Crippen LogP contribution is -2.35. The molecule has 1 unspecified atom stereocenters. The number of hydrogen-bond donors (Lipinski definition) is 3. The Morgan fingerprint density at radius 2 is 2.17 bits per heavy atom. The average Bonchev–Trinajstić information content (AvgIpc) is 2.93. The van der Waals surface area contributed by atoms with Gasteiger partial charge in [-0.05, 0) is 23.6 Å². The third kappa shape index (κ3) is 4.24. The van der Waals surface area contributed by atoms with Gasteiger partial charge in [-0.1, -0.05) is 19.9 Å². The number of amides is 2.